The van der Waals surface area contributed by atoms with Crippen LogP contribution in [0.25, 0.3) is 0 Å². The lowest BCUT2D eigenvalue weighted by Gasteiger charge is -2.32. The normalized spacial score (nSPS) is 16.1. The molecule has 0 unspecified atom stereocenters. The molecule has 1 fully saturated rings. The van der Waals surface area contributed by atoms with E-state index in [1.165, 1.54) is 12.1 Å². The van der Waals surface area contributed by atoms with Crippen LogP contribution in [0.4, 0.5) is 8.78 Å². The third-order valence-electron chi connectivity index (χ3n) is 4.19. The van der Waals surface area contributed by atoms with E-state index in [0.717, 1.165) is 4.57 Å². The number of rotatable bonds is 4. The van der Waals surface area contributed by atoms with Crippen LogP contribution >= 0.6 is 0 Å². The van der Waals surface area contributed by atoms with Crippen LogP contribution in [0.1, 0.15) is 42.0 Å². The third-order valence-corrected chi connectivity index (χ3v) is 4.19. The average molecular weight is 313 g/mol. The summed E-state index contributed by atoms with van der Waals surface area (Å²) in [5, 5.41) is 2.59. The predicted molar refractivity (Wildman–Crippen MR) is 77.7 cm³/mol. The molecule has 0 atom stereocenters. The molecule has 0 aliphatic carbocycles. The molecule has 122 valence electrons. The number of aryl methyl sites for hydroxylation is 1. The van der Waals surface area contributed by atoms with Gasteiger partial charge < -0.3 is 10.2 Å². The first kappa shape index (κ1) is 16.5. The molecule has 1 aromatic rings. The van der Waals surface area contributed by atoms with Crippen LogP contribution in [0.15, 0.2) is 12.1 Å². The number of aromatic nitrogens is 1. The first-order valence-corrected chi connectivity index (χ1v) is 7.40. The smallest absolute Gasteiger partial charge is 0.319 e. The molecule has 0 aromatic carbocycles. The molecule has 0 saturated carbocycles. The minimum Gasteiger partial charge on any atom is -0.359 e. The van der Waals surface area contributed by atoms with E-state index in [9.17, 15) is 18.4 Å². The fourth-order valence-corrected chi connectivity index (χ4v) is 2.85. The first-order valence-electron chi connectivity index (χ1n) is 7.40. The summed E-state index contributed by atoms with van der Waals surface area (Å²) in [5.74, 6) is -0.133. The van der Waals surface area contributed by atoms with Crippen molar-refractivity contribution in [3.8, 4) is 0 Å². The van der Waals surface area contributed by atoms with Crippen LogP contribution < -0.4 is 5.32 Å². The molecule has 1 aliphatic heterocycles. The van der Waals surface area contributed by atoms with E-state index in [0.29, 0.717) is 38.0 Å². The van der Waals surface area contributed by atoms with Crippen LogP contribution in [0.2, 0.25) is 0 Å². The van der Waals surface area contributed by atoms with Gasteiger partial charge in [0.2, 0.25) is 5.91 Å². The highest BCUT2D eigenvalue weighted by molar-refractivity contribution is 5.93. The largest absolute Gasteiger partial charge is 0.359 e. The van der Waals surface area contributed by atoms with Crippen LogP contribution in [-0.2, 0) is 4.79 Å². The second-order valence-electron chi connectivity index (χ2n) is 5.62. The molecule has 0 radical (unpaired) electrons. The van der Waals surface area contributed by atoms with E-state index in [1.807, 2.05) is 0 Å². The molecule has 0 bridgehead atoms. The number of carbonyl (C=O) groups is 2. The molecule has 1 aliphatic rings. The van der Waals surface area contributed by atoms with Gasteiger partial charge in [-0.05, 0) is 37.8 Å². The van der Waals surface area contributed by atoms with Crippen molar-refractivity contribution in [3.05, 3.63) is 23.5 Å². The SMILES string of the molecule is CNC(=O)CC1CCN(C(=O)c2ccc(C)n2C(F)F)CC1. The quantitative estimate of drug-likeness (QED) is 0.926. The summed E-state index contributed by atoms with van der Waals surface area (Å²) in [5.41, 5.74) is 0.394. The molecule has 22 heavy (non-hydrogen) atoms. The fourth-order valence-electron chi connectivity index (χ4n) is 2.85. The zero-order valence-corrected chi connectivity index (χ0v) is 12.8. The summed E-state index contributed by atoms with van der Waals surface area (Å²) in [6.07, 6.45) is 1.88. The molecule has 2 rings (SSSR count). The molecular formula is C15H21F2N3O2. The molecular weight excluding hydrogens is 292 g/mol. The van der Waals surface area contributed by atoms with Crippen LogP contribution in [0.3, 0.4) is 0 Å². The lowest BCUT2D eigenvalue weighted by Crippen LogP contribution is -2.40. The van der Waals surface area contributed by atoms with Crippen molar-refractivity contribution in [2.75, 3.05) is 20.1 Å². The van der Waals surface area contributed by atoms with Crippen molar-refractivity contribution in [1.29, 1.82) is 0 Å². The average Bonchev–Trinajstić information content (AvgIpc) is 2.89. The Kier molecular flexibility index (Phi) is 5.15. The highest BCUT2D eigenvalue weighted by Crippen LogP contribution is 2.24. The Labute approximate surface area is 128 Å². The van der Waals surface area contributed by atoms with Crippen molar-refractivity contribution in [3.63, 3.8) is 0 Å². The molecule has 1 saturated heterocycles. The maximum atomic E-state index is 13.0. The lowest BCUT2D eigenvalue weighted by molar-refractivity contribution is -0.121. The van der Waals surface area contributed by atoms with Gasteiger partial charge in [0, 0.05) is 32.3 Å². The van der Waals surface area contributed by atoms with Gasteiger partial charge in [0.05, 0.1) is 0 Å². The summed E-state index contributed by atoms with van der Waals surface area (Å²) in [6.45, 7) is -0.180. The number of alkyl halides is 2. The van der Waals surface area contributed by atoms with Crippen LogP contribution in [-0.4, -0.2) is 41.4 Å². The van der Waals surface area contributed by atoms with Crippen molar-refractivity contribution in [2.24, 2.45) is 5.92 Å². The van der Waals surface area contributed by atoms with E-state index in [1.54, 1.807) is 18.9 Å². The molecule has 0 spiro atoms. The summed E-state index contributed by atoms with van der Waals surface area (Å²) in [4.78, 5) is 25.4. The van der Waals surface area contributed by atoms with Gasteiger partial charge in [-0.15, -0.1) is 0 Å². The zero-order chi connectivity index (χ0) is 16.3. The first-order chi connectivity index (χ1) is 10.4. The molecule has 2 heterocycles. The van der Waals surface area contributed by atoms with Gasteiger partial charge in [0.1, 0.15) is 5.69 Å². The van der Waals surface area contributed by atoms with Gasteiger partial charge in [-0.2, -0.15) is 8.78 Å². The standard InChI is InChI=1S/C15H21F2N3O2/c1-10-3-4-12(20(10)15(16)17)14(22)19-7-5-11(6-8-19)9-13(21)18-2/h3-4,11,15H,5-9H2,1-2H3,(H,18,21). The Bertz CT molecular complexity index is 549. The number of carbonyl (C=O) groups excluding carboxylic acids is 2. The van der Waals surface area contributed by atoms with Gasteiger partial charge in [0.25, 0.3) is 5.91 Å². The predicted octanol–water partition coefficient (Wildman–Crippen LogP) is 2.18. The number of likely N-dealkylation sites (tertiary alicyclic amines) is 1. The van der Waals surface area contributed by atoms with Crippen LogP contribution in [0.5, 0.6) is 0 Å². The zero-order valence-electron chi connectivity index (χ0n) is 12.8. The van der Waals surface area contributed by atoms with Crippen molar-refractivity contribution >= 4 is 11.8 Å². The Morgan fingerprint density at radius 3 is 2.50 bits per heavy atom. The van der Waals surface area contributed by atoms with Gasteiger partial charge in [-0.3, -0.25) is 14.2 Å². The number of amides is 2. The van der Waals surface area contributed by atoms with E-state index < -0.39 is 6.55 Å². The van der Waals surface area contributed by atoms with Crippen molar-refractivity contribution in [2.45, 2.75) is 32.7 Å². The molecule has 5 nitrogen and oxygen atoms in total. The Hall–Kier alpha value is -1.92. The second-order valence-corrected chi connectivity index (χ2v) is 5.62. The minimum atomic E-state index is -2.72. The maximum Gasteiger partial charge on any atom is 0.319 e. The Morgan fingerprint density at radius 2 is 1.95 bits per heavy atom. The fraction of sp³-hybridized carbons (Fsp3) is 0.600. The van der Waals surface area contributed by atoms with Crippen molar-refractivity contribution < 1.29 is 18.4 Å². The number of hydrogen-bond acceptors (Lipinski definition) is 2. The minimum absolute atomic E-state index is 0.00743. The van der Waals surface area contributed by atoms with E-state index >= 15 is 0 Å². The highest BCUT2D eigenvalue weighted by Gasteiger charge is 2.28. The molecule has 7 heteroatoms. The Balaban J connectivity index is 2.00. The molecule has 2 amide bonds. The third kappa shape index (κ3) is 3.45. The number of nitrogens with one attached hydrogen (secondary N) is 1. The molecule has 1 N–H and O–H groups in total. The highest BCUT2D eigenvalue weighted by atomic mass is 19.3. The summed E-state index contributed by atoms with van der Waals surface area (Å²) in [6, 6.07) is 2.97. The number of hydrogen-bond donors (Lipinski definition) is 1. The van der Waals surface area contributed by atoms with Gasteiger partial charge in [0.15, 0.2) is 0 Å². The van der Waals surface area contributed by atoms with Crippen LogP contribution in [0, 0.1) is 12.8 Å². The summed E-state index contributed by atoms with van der Waals surface area (Å²) in [7, 11) is 1.60. The van der Waals surface area contributed by atoms with E-state index in [2.05, 4.69) is 5.32 Å². The van der Waals surface area contributed by atoms with E-state index in [4.69, 9.17) is 0 Å². The second kappa shape index (κ2) is 6.89. The summed E-state index contributed by atoms with van der Waals surface area (Å²) >= 11 is 0. The van der Waals surface area contributed by atoms with Gasteiger partial charge in [-0.25, -0.2) is 0 Å². The summed E-state index contributed by atoms with van der Waals surface area (Å²) < 4.78 is 26.8. The monoisotopic (exact) mass is 313 g/mol. The number of halogens is 2. The lowest BCUT2D eigenvalue weighted by atomic mass is 9.93. The topological polar surface area (TPSA) is 54.3 Å². The number of nitrogens with zero attached hydrogens (tertiary/aromatic N) is 2. The van der Waals surface area contributed by atoms with Gasteiger partial charge in [-0.1, -0.05) is 0 Å². The molecule has 1 aromatic heterocycles. The number of piperidine rings is 1. The van der Waals surface area contributed by atoms with Crippen molar-refractivity contribution in [1.82, 2.24) is 14.8 Å². The Morgan fingerprint density at radius 1 is 1.32 bits per heavy atom. The van der Waals surface area contributed by atoms with E-state index in [-0.39, 0.29) is 23.4 Å². The van der Waals surface area contributed by atoms with Gasteiger partial charge >= 0.3 is 6.55 Å². The maximum absolute atomic E-state index is 13.0.